The van der Waals surface area contributed by atoms with Crippen LogP contribution in [-0.2, 0) is 15.6 Å². The molecule has 4 nitrogen and oxygen atoms in total. The quantitative estimate of drug-likeness (QED) is 0.875. The predicted octanol–water partition coefficient (Wildman–Crippen LogP) is 2.90. The summed E-state index contributed by atoms with van der Waals surface area (Å²) in [5, 5.41) is 14.5. The Hall–Kier alpha value is -0.920. The maximum Gasteiger partial charge on any atom is 0.240 e. The standard InChI is InChI=1S/C14H16ClNO3S2/c1-10-7-12(15)3-4-13(10)21(18,19)16-9-14(2,17)11-5-6-20-8-11/h3-8,16-17H,9H2,1-2H3. The Morgan fingerprint density at radius 1 is 1.38 bits per heavy atom. The average molecular weight is 346 g/mol. The van der Waals surface area contributed by atoms with Gasteiger partial charge in [-0.05, 0) is 60.0 Å². The van der Waals surface area contributed by atoms with Gasteiger partial charge in [-0.1, -0.05) is 11.6 Å². The van der Waals surface area contributed by atoms with Crippen LogP contribution in [0.5, 0.6) is 0 Å². The first kappa shape index (κ1) is 16.5. The Balaban J connectivity index is 2.19. The fourth-order valence-electron chi connectivity index (χ4n) is 1.90. The molecule has 1 atom stereocenters. The number of hydrogen-bond donors (Lipinski definition) is 2. The maximum atomic E-state index is 12.3. The Labute approximate surface area is 133 Å². The van der Waals surface area contributed by atoms with E-state index in [0.29, 0.717) is 16.1 Å². The van der Waals surface area contributed by atoms with Crippen LogP contribution in [0.2, 0.25) is 5.02 Å². The van der Waals surface area contributed by atoms with Gasteiger partial charge >= 0.3 is 0 Å². The molecule has 0 fully saturated rings. The molecule has 0 aliphatic rings. The third-order valence-corrected chi connectivity index (χ3v) is 5.66. The van der Waals surface area contributed by atoms with Crippen molar-refractivity contribution in [1.82, 2.24) is 4.72 Å². The monoisotopic (exact) mass is 345 g/mol. The van der Waals surface area contributed by atoms with E-state index >= 15 is 0 Å². The molecular weight excluding hydrogens is 330 g/mol. The van der Waals surface area contributed by atoms with Gasteiger partial charge in [0, 0.05) is 11.6 Å². The van der Waals surface area contributed by atoms with Crippen LogP contribution < -0.4 is 4.72 Å². The van der Waals surface area contributed by atoms with Gasteiger partial charge in [0.15, 0.2) is 0 Å². The van der Waals surface area contributed by atoms with Crippen molar-refractivity contribution in [3.05, 3.63) is 51.2 Å². The number of aryl methyl sites for hydroxylation is 1. The number of thiophene rings is 1. The van der Waals surface area contributed by atoms with Crippen molar-refractivity contribution in [3.63, 3.8) is 0 Å². The molecule has 0 saturated carbocycles. The van der Waals surface area contributed by atoms with Crippen molar-refractivity contribution in [2.75, 3.05) is 6.54 Å². The van der Waals surface area contributed by atoms with Crippen molar-refractivity contribution in [2.24, 2.45) is 0 Å². The van der Waals surface area contributed by atoms with Crippen LogP contribution in [0, 0.1) is 6.92 Å². The summed E-state index contributed by atoms with van der Waals surface area (Å²) < 4.78 is 27.1. The number of nitrogens with one attached hydrogen (secondary N) is 1. The summed E-state index contributed by atoms with van der Waals surface area (Å²) >= 11 is 7.28. The van der Waals surface area contributed by atoms with Crippen LogP contribution in [0.4, 0.5) is 0 Å². The van der Waals surface area contributed by atoms with Gasteiger partial charge in [-0.25, -0.2) is 13.1 Å². The summed E-state index contributed by atoms with van der Waals surface area (Å²) in [5.74, 6) is 0. The van der Waals surface area contributed by atoms with Crippen LogP contribution in [0.15, 0.2) is 39.9 Å². The first-order chi connectivity index (χ1) is 9.72. The molecule has 21 heavy (non-hydrogen) atoms. The van der Waals surface area contributed by atoms with E-state index in [0.717, 1.165) is 0 Å². The van der Waals surface area contributed by atoms with E-state index in [2.05, 4.69) is 4.72 Å². The molecule has 0 spiro atoms. The Morgan fingerprint density at radius 2 is 2.10 bits per heavy atom. The Kier molecular flexibility index (Phi) is 4.75. The lowest BCUT2D eigenvalue weighted by molar-refractivity contribution is 0.0632. The fraction of sp³-hybridized carbons (Fsp3) is 0.286. The van der Waals surface area contributed by atoms with E-state index < -0.39 is 15.6 Å². The summed E-state index contributed by atoms with van der Waals surface area (Å²) in [4.78, 5) is 0.160. The zero-order valence-electron chi connectivity index (χ0n) is 11.6. The normalized spacial score (nSPS) is 14.9. The third-order valence-electron chi connectivity index (χ3n) is 3.18. The molecule has 2 rings (SSSR count). The van der Waals surface area contributed by atoms with Crippen molar-refractivity contribution in [3.8, 4) is 0 Å². The van der Waals surface area contributed by atoms with Crippen LogP contribution in [-0.4, -0.2) is 20.1 Å². The molecule has 1 unspecified atom stereocenters. The molecule has 7 heteroatoms. The number of aliphatic hydroxyl groups is 1. The molecule has 2 aromatic rings. The van der Waals surface area contributed by atoms with Crippen molar-refractivity contribution in [1.29, 1.82) is 0 Å². The second kappa shape index (κ2) is 6.06. The molecule has 1 aromatic heterocycles. The molecular formula is C14H16ClNO3S2. The average Bonchev–Trinajstić information content (AvgIpc) is 2.91. The summed E-state index contributed by atoms with van der Waals surface area (Å²) in [6.07, 6.45) is 0. The lowest BCUT2D eigenvalue weighted by atomic mass is 10.0. The third kappa shape index (κ3) is 3.84. The van der Waals surface area contributed by atoms with Gasteiger partial charge in [-0.2, -0.15) is 11.3 Å². The van der Waals surface area contributed by atoms with E-state index in [1.165, 1.54) is 23.5 Å². The summed E-state index contributed by atoms with van der Waals surface area (Å²) in [5.41, 5.74) is -0.0128. The van der Waals surface area contributed by atoms with Gasteiger partial charge in [0.05, 0.1) is 4.90 Å². The first-order valence-corrected chi connectivity index (χ1v) is 9.04. The lowest BCUT2D eigenvalue weighted by Gasteiger charge is -2.23. The molecule has 1 aromatic carbocycles. The van der Waals surface area contributed by atoms with Gasteiger partial charge in [0.25, 0.3) is 0 Å². The Morgan fingerprint density at radius 3 is 2.67 bits per heavy atom. The number of benzene rings is 1. The topological polar surface area (TPSA) is 66.4 Å². The summed E-state index contributed by atoms with van der Waals surface area (Å²) in [6, 6.07) is 6.35. The second-order valence-electron chi connectivity index (χ2n) is 5.02. The van der Waals surface area contributed by atoms with Crippen molar-refractivity contribution >= 4 is 33.0 Å². The molecule has 0 aliphatic carbocycles. The molecule has 0 radical (unpaired) electrons. The molecule has 2 N–H and O–H groups in total. The second-order valence-corrected chi connectivity index (χ2v) is 7.97. The zero-order valence-corrected chi connectivity index (χ0v) is 14.0. The van der Waals surface area contributed by atoms with Gasteiger partial charge in [-0.15, -0.1) is 0 Å². The van der Waals surface area contributed by atoms with Crippen molar-refractivity contribution < 1.29 is 13.5 Å². The lowest BCUT2D eigenvalue weighted by Crippen LogP contribution is -2.38. The van der Waals surface area contributed by atoms with Crippen LogP contribution in [0.1, 0.15) is 18.1 Å². The molecule has 0 amide bonds. The minimum atomic E-state index is -3.70. The largest absolute Gasteiger partial charge is 0.384 e. The molecule has 0 bridgehead atoms. The van der Waals surface area contributed by atoms with Gasteiger partial charge in [-0.3, -0.25) is 0 Å². The predicted molar refractivity (Wildman–Crippen MR) is 85.3 cm³/mol. The van der Waals surface area contributed by atoms with E-state index in [-0.39, 0.29) is 11.4 Å². The van der Waals surface area contributed by atoms with E-state index in [9.17, 15) is 13.5 Å². The smallest absolute Gasteiger partial charge is 0.240 e. The van der Waals surface area contributed by atoms with Crippen LogP contribution >= 0.6 is 22.9 Å². The number of sulfonamides is 1. The maximum absolute atomic E-state index is 12.3. The highest BCUT2D eigenvalue weighted by atomic mass is 35.5. The van der Waals surface area contributed by atoms with E-state index in [4.69, 9.17) is 11.6 Å². The minimum Gasteiger partial charge on any atom is -0.384 e. The van der Waals surface area contributed by atoms with Crippen LogP contribution in [0.3, 0.4) is 0 Å². The number of halogens is 1. The van der Waals surface area contributed by atoms with Crippen molar-refractivity contribution in [2.45, 2.75) is 24.3 Å². The SMILES string of the molecule is Cc1cc(Cl)ccc1S(=O)(=O)NCC(C)(O)c1ccsc1. The van der Waals surface area contributed by atoms with E-state index in [1.54, 1.807) is 31.4 Å². The van der Waals surface area contributed by atoms with E-state index in [1.807, 2.05) is 5.38 Å². The summed E-state index contributed by atoms with van der Waals surface area (Å²) in [7, 11) is -3.70. The highest BCUT2D eigenvalue weighted by Gasteiger charge is 2.27. The molecule has 0 aliphatic heterocycles. The highest BCUT2D eigenvalue weighted by molar-refractivity contribution is 7.89. The number of hydrogen-bond acceptors (Lipinski definition) is 4. The minimum absolute atomic E-state index is 0.103. The van der Waals surface area contributed by atoms with Gasteiger partial charge < -0.3 is 5.11 Å². The first-order valence-electron chi connectivity index (χ1n) is 6.23. The Bertz CT molecular complexity index is 725. The van der Waals surface area contributed by atoms with Crippen LogP contribution in [0.25, 0.3) is 0 Å². The molecule has 1 heterocycles. The van der Waals surface area contributed by atoms with Gasteiger partial charge in [0.1, 0.15) is 5.60 Å². The summed E-state index contributed by atoms with van der Waals surface area (Å²) in [6.45, 7) is 3.15. The molecule has 0 saturated heterocycles. The number of rotatable bonds is 5. The highest BCUT2D eigenvalue weighted by Crippen LogP contribution is 2.24. The molecule has 114 valence electrons. The van der Waals surface area contributed by atoms with Gasteiger partial charge in [0.2, 0.25) is 10.0 Å². The zero-order chi connectivity index (χ0) is 15.7. The fourth-order valence-corrected chi connectivity index (χ4v) is 4.27.